The van der Waals surface area contributed by atoms with E-state index in [1.165, 1.54) is 11.6 Å². The molecule has 0 fully saturated rings. The van der Waals surface area contributed by atoms with Crippen LogP contribution in [0.3, 0.4) is 0 Å². The largest absolute Gasteiger partial charge is 0.506 e. The Bertz CT molecular complexity index is 304. The molecule has 0 atom stereocenters. The number of hydrogen-bond acceptors (Lipinski definition) is 2. The summed E-state index contributed by atoms with van der Waals surface area (Å²) in [4.78, 5) is 9.49. The molecule has 0 aliphatic carbocycles. The van der Waals surface area contributed by atoms with Crippen molar-refractivity contribution in [2.75, 3.05) is 6.61 Å². The molecule has 3 heteroatoms. The molecule has 0 saturated heterocycles. The van der Waals surface area contributed by atoms with Gasteiger partial charge < -0.3 is 9.84 Å². The van der Waals surface area contributed by atoms with Gasteiger partial charge in [0.15, 0.2) is 0 Å². The van der Waals surface area contributed by atoms with E-state index < -0.39 is 6.16 Å². The van der Waals surface area contributed by atoms with Crippen LogP contribution in [0.2, 0.25) is 0 Å². The molecule has 0 bridgehead atoms. The summed E-state index contributed by atoms with van der Waals surface area (Å²) in [6.45, 7) is 6.94. The van der Waals surface area contributed by atoms with E-state index in [1.54, 1.807) is 0 Å². The molecule has 0 unspecified atom stereocenters. The van der Waals surface area contributed by atoms with Gasteiger partial charge in [-0.1, -0.05) is 55.6 Å². The molecule has 1 aromatic carbocycles. The van der Waals surface area contributed by atoms with Crippen molar-refractivity contribution in [1.29, 1.82) is 0 Å². The minimum atomic E-state index is -1.26. The van der Waals surface area contributed by atoms with Crippen molar-refractivity contribution in [3.8, 4) is 0 Å². The van der Waals surface area contributed by atoms with E-state index in [-0.39, 0.29) is 6.61 Å². The lowest BCUT2D eigenvalue weighted by atomic mass is 10.2. The molecule has 0 aromatic heterocycles. The first-order chi connectivity index (χ1) is 7.20. The van der Waals surface area contributed by atoms with Crippen LogP contribution in [0.5, 0.6) is 0 Å². The Morgan fingerprint density at radius 3 is 2.20 bits per heavy atom. The van der Waals surface area contributed by atoms with Crippen LogP contribution in [0, 0.1) is 0 Å². The van der Waals surface area contributed by atoms with Crippen LogP contribution in [-0.4, -0.2) is 17.9 Å². The molecule has 0 aliphatic heterocycles. The number of hydrogen-bond donors (Lipinski definition) is 1. The van der Waals surface area contributed by atoms with Gasteiger partial charge in [-0.15, -0.1) is 0 Å². The monoisotopic (exact) mass is 206 g/mol. The fourth-order valence-electron chi connectivity index (χ4n) is 0.719. The summed E-state index contributed by atoms with van der Waals surface area (Å²) in [5, 5.41) is 7.77. The molecule has 15 heavy (non-hydrogen) atoms. The SMILES string of the molecule is C=CCOC(=O)O.C=Cc1ccccc1. The van der Waals surface area contributed by atoms with Crippen molar-refractivity contribution < 1.29 is 14.6 Å². The van der Waals surface area contributed by atoms with E-state index in [4.69, 9.17) is 5.11 Å². The molecule has 1 rings (SSSR count). The van der Waals surface area contributed by atoms with E-state index >= 15 is 0 Å². The predicted molar refractivity (Wildman–Crippen MR) is 60.7 cm³/mol. The molecule has 1 aromatic rings. The predicted octanol–water partition coefficient (Wildman–Crippen LogP) is 3.20. The van der Waals surface area contributed by atoms with E-state index in [0.29, 0.717) is 0 Å². The molecule has 0 spiro atoms. The third-order valence-electron chi connectivity index (χ3n) is 1.36. The van der Waals surface area contributed by atoms with Gasteiger partial charge in [-0.05, 0) is 5.56 Å². The molecular weight excluding hydrogens is 192 g/mol. The van der Waals surface area contributed by atoms with Crippen LogP contribution in [-0.2, 0) is 4.74 Å². The molecule has 0 aliphatic rings. The van der Waals surface area contributed by atoms with Crippen molar-refractivity contribution in [2.24, 2.45) is 0 Å². The lowest BCUT2D eigenvalue weighted by molar-refractivity contribution is 0.102. The minimum absolute atomic E-state index is 0.0648. The van der Waals surface area contributed by atoms with Gasteiger partial charge in [0.2, 0.25) is 0 Å². The fourth-order valence-corrected chi connectivity index (χ4v) is 0.719. The van der Waals surface area contributed by atoms with Gasteiger partial charge in [-0.3, -0.25) is 0 Å². The van der Waals surface area contributed by atoms with Crippen LogP contribution in [0.4, 0.5) is 4.79 Å². The van der Waals surface area contributed by atoms with Crippen LogP contribution in [0.25, 0.3) is 6.08 Å². The minimum Gasteiger partial charge on any atom is -0.450 e. The van der Waals surface area contributed by atoms with Gasteiger partial charge in [-0.2, -0.15) is 0 Å². The summed E-state index contributed by atoms with van der Waals surface area (Å²) in [6.07, 6.45) is 1.94. The third-order valence-corrected chi connectivity index (χ3v) is 1.36. The number of rotatable bonds is 3. The number of carbonyl (C=O) groups is 1. The molecule has 3 nitrogen and oxygen atoms in total. The van der Waals surface area contributed by atoms with Crippen LogP contribution < -0.4 is 0 Å². The molecule has 0 heterocycles. The maximum atomic E-state index is 9.49. The first-order valence-corrected chi connectivity index (χ1v) is 4.34. The van der Waals surface area contributed by atoms with E-state index in [2.05, 4.69) is 17.9 Å². The zero-order chi connectivity index (χ0) is 11.5. The highest BCUT2D eigenvalue weighted by Crippen LogP contribution is 1.97. The standard InChI is InChI=1S/C8H8.C4H6O3/c1-2-8-6-4-3-5-7-8;1-2-3-7-4(5)6/h2-7H,1H2;2H,1,3H2,(H,5,6). The average Bonchev–Trinajstić information content (AvgIpc) is 2.28. The second kappa shape index (κ2) is 8.56. The molecule has 0 radical (unpaired) electrons. The Morgan fingerprint density at radius 1 is 1.33 bits per heavy atom. The van der Waals surface area contributed by atoms with Crippen LogP contribution in [0.15, 0.2) is 49.6 Å². The Morgan fingerprint density at radius 2 is 1.93 bits per heavy atom. The van der Waals surface area contributed by atoms with Gasteiger partial charge in [0.25, 0.3) is 0 Å². The zero-order valence-electron chi connectivity index (χ0n) is 8.43. The summed E-state index contributed by atoms with van der Waals surface area (Å²) >= 11 is 0. The highest BCUT2D eigenvalue weighted by atomic mass is 16.7. The Hall–Kier alpha value is -2.03. The summed E-state index contributed by atoms with van der Waals surface area (Å²) in [6, 6.07) is 10.0. The third kappa shape index (κ3) is 8.30. The average molecular weight is 206 g/mol. The molecule has 0 amide bonds. The molecule has 0 saturated carbocycles. The first kappa shape index (κ1) is 13.0. The fraction of sp³-hybridized carbons (Fsp3) is 0.0833. The maximum absolute atomic E-state index is 9.49. The second-order valence-corrected chi connectivity index (χ2v) is 2.48. The Labute approximate surface area is 89.3 Å². The van der Waals surface area contributed by atoms with E-state index in [1.807, 2.05) is 36.4 Å². The smallest absolute Gasteiger partial charge is 0.450 e. The number of ether oxygens (including phenoxy) is 1. The quantitative estimate of drug-likeness (QED) is 0.610. The summed E-state index contributed by atoms with van der Waals surface area (Å²) in [7, 11) is 0. The van der Waals surface area contributed by atoms with Crippen LogP contribution >= 0.6 is 0 Å². The summed E-state index contributed by atoms with van der Waals surface area (Å²) in [5.41, 5.74) is 1.17. The van der Waals surface area contributed by atoms with Crippen molar-refractivity contribution in [1.82, 2.24) is 0 Å². The van der Waals surface area contributed by atoms with Gasteiger partial charge in [0.05, 0.1) is 0 Å². The molecule has 80 valence electrons. The van der Waals surface area contributed by atoms with E-state index in [0.717, 1.165) is 0 Å². The van der Waals surface area contributed by atoms with Gasteiger partial charge in [0, 0.05) is 0 Å². The van der Waals surface area contributed by atoms with E-state index in [9.17, 15) is 4.79 Å². The maximum Gasteiger partial charge on any atom is 0.506 e. The highest BCUT2D eigenvalue weighted by Gasteiger charge is 1.87. The van der Waals surface area contributed by atoms with Crippen molar-refractivity contribution in [2.45, 2.75) is 0 Å². The van der Waals surface area contributed by atoms with Crippen molar-refractivity contribution in [3.05, 3.63) is 55.1 Å². The topological polar surface area (TPSA) is 46.5 Å². The zero-order valence-corrected chi connectivity index (χ0v) is 8.43. The number of benzene rings is 1. The van der Waals surface area contributed by atoms with Gasteiger partial charge in [-0.25, -0.2) is 4.79 Å². The Balaban J connectivity index is 0.000000265. The molecule has 1 N–H and O–H groups in total. The summed E-state index contributed by atoms with van der Waals surface area (Å²) < 4.78 is 3.99. The second-order valence-electron chi connectivity index (χ2n) is 2.48. The summed E-state index contributed by atoms with van der Waals surface area (Å²) in [5.74, 6) is 0. The lowest BCUT2D eigenvalue weighted by Crippen LogP contribution is -1.98. The number of carboxylic acid groups (broad SMARTS) is 1. The molecular formula is C12H14O3. The lowest BCUT2D eigenvalue weighted by Gasteiger charge is -1.88. The normalized spacial score (nSPS) is 8.00. The Kier molecular flexibility index (Phi) is 7.40. The van der Waals surface area contributed by atoms with Crippen molar-refractivity contribution in [3.63, 3.8) is 0 Å². The van der Waals surface area contributed by atoms with Crippen molar-refractivity contribution >= 4 is 12.2 Å². The first-order valence-electron chi connectivity index (χ1n) is 4.34. The van der Waals surface area contributed by atoms with Crippen LogP contribution in [0.1, 0.15) is 5.56 Å². The van der Waals surface area contributed by atoms with Gasteiger partial charge >= 0.3 is 6.16 Å². The van der Waals surface area contributed by atoms with Gasteiger partial charge in [0.1, 0.15) is 6.61 Å². The highest BCUT2D eigenvalue weighted by molar-refractivity contribution is 5.56.